The quantitative estimate of drug-likeness (QED) is 0.612. The van der Waals surface area contributed by atoms with Gasteiger partial charge >= 0.3 is 5.97 Å². The zero-order valence-corrected chi connectivity index (χ0v) is 11.2. The highest BCUT2D eigenvalue weighted by Gasteiger charge is 1.96. The molecule has 1 rings (SSSR count). The molecule has 18 heavy (non-hydrogen) atoms. The zero-order valence-electron chi connectivity index (χ0n) is 11.2. The van der Waals surface area contributed by atoms with Crippen molar-refractivity contribution in [1.29, 1.82) is 0 Å². The second-order valence-electron chi connectivity index (χ2n) is 3.95. The van der Waals surface area contributed by atoms with Crippen LogP contribution in [-0.2, 0) is 4.79 Å². The molecule has 1 aromatic rings. The summed E-state index contributed by atoms with van der Waals surface area (Å²) in [5, 5.41) is 8.41. The second-order valence-corrected chi connectivity index (χ2v) is 3.95. The van der Waals surface area contributed by atoms with E-state index >= 15 is 0 Å². The summed E-state index contributed by atoms with van der Waals surface area (Å²) in [6, 6.07) is 10.0. The first-order valence-electron chi connectivity index (χ1n) is 6.19. The first-order valence-corrected chi connectivity index (χ1v) is 6.19. The van der Waals surface area contributed by atoms with Gasteiger partial charge in [0.15, 0.2) is 0 Å². The Bertz CT molecular complexity index is 377. The van der Waals surface area contributed by atoms with Crippen molar-refractivity contribution in [2.75, 3.05) is 0 Å². The lowest BCUT2D eigenvalue weighted by molar-refractivity contribution is -0.132. The fourth-order valence-corrected chi connectivity index (χ4v) is 1.20. The molecule has 0 aliphatic rings. The van der Waals surface area contributed by atoms with Gasteiger partial charge in [-0.2, -0.15) is 0 Å². The van der Waals surface area contributed by atoms with E-state index in [-0.39, 0.29) is 0 Å². The van der Waals surface area contributed by atoms with E-state index in [1.54, 1.807) is 13.0 Å². The summed E-state index contributed by atoms with van der Waals surface area (Å²) in [6.45, 7) is 7.34. The highest BCUT2D eigenvalue weighted by molar-refractivity contribution is 5.85. The van der Waals surface area contributed by atoms with Crippen molar-refractivity contribution in [2.45, 2.75) is 33.1 Å². The lowest BCUT2D eigenvalue weighted by Crippen LogP contribution is -1.95. The van der Waals surface area contributed by atoms with E-state index in [1.165, 1.54) is 5.56 Å². The number of benzene rings is 1. The van der Waals surface area contributed by atoms with Gasteiger partial charge in [-0.1, -0.05) is 68.8 Å². The summed E-state index contributed by atoms with van der Waals surface area (Å²) in [7, 11) is 0. The number of unbranched alkanes of at least 4 members (excludes halogenated alkanes) is 2. The normalized spacial score (nSPS) is 10.2. The molecule has 0 fully saturated rings. The van der Waals surface area contributed by atoms with Gasteiger partial charge in [0.05, 0.1) is 0 Å². The summed E-state index contributed by atoms with van der Waals surface area (Å²) >= 11 is 0. The molecule has 0 amide bonds. The molecule has 98 valence electrons. The van der Waals surface area contributed by atoms with Crippen LogP contribution in [0.3, 0.4) is 0 Å². The zero-order chi connectivity index (χ0) is 13.8. The van der Waals surface area contributed by atoms with Crippen LogP contribution in [0.25, 0.3) is 6.08 Å². The average Bonchev–Trinajstić information content (AvgIpc) is 2.40. The van der Waals surface area contributed by atoms with Gasteiger partial charge in [0.25, 0.3) is 0 Å². The van der Waals surface area contributed by atoms with Crippen molar-refractivity contribution in [1.82, 2.24) is 0 Å². The summed E-state index contributed by atoms with van der Waals surface area (Å²) < 4.78 is 0. The third-order valence-electron chi connectivity index (χ3n) is 2.38. The molecular weight excluding hydrogens is 224 g/mol. The molecule has 0 bridgehead atoms. The van der Waals surface area contributed by atoms with Crippen molar-refractivity contribution >= 4 is 12.0 Å². The molecule has 0 saturated carbocycles. The summed E-state index contributed by atoms with van der Waals surface area (Å²) in [5.41, 5.74) is 1.63. The van der Waals surface area contributed by atoms with Crippen molar-refractivity contribution < 1.29 is 9.90 Å². The van der Waals surface area contributed by atoms with Crippen LogP contribution < -0.4 is 0 Å². The van der Waals surface area contributed by atoms with E-state index in [2.05, 4.69) is 13.5 Å². The van der Waals surface area contributed by atoms with Crippen LogP contribution in [0.5, 0.6) is 0 Å². The molecule has 0 aliphatic carbocycles. The Labute approximate surface area is 110 Å². The van der Waals surface area contributed by atoms with Crippen LogP contribution in [0.1, 0.15) is 38.7 Å². The molecule has 1 N–H and O–H groups in total. The van der Waals surface area contributed by atoms with E-state index in [4.69, 9.17) is 5.11 Å². The SMILES string of the molecule is C=Cc1ccccc1.CCCCC=C(C)C(=O)O. The Balaban J connectivity index is 0.000000327. The largest absolute Gasteiger partial charge is 0.478 e. The molecule has 2 heteroatoms. The third kappa shape index (κ3) is 8.34. The number of hydrogen-bond acceptors (Lipinski definition) is 1. The number of carbonyl (C=O) groups is 1. The van der Waals surface area contributed by atoms with Gasteiger partial charge < -0.3 is 5.11 Å². The van der Waals surface area contributed by atoms with Crippen LogP contribution in [0.15, 0.2) is 48.6 Å². The highest BCUT2D eigenvalue weighted by atomic mass is 16.4. The molecule has 1 aromatic carbocycles. The molecule has 0 spiro atoms. The summed E-state index contributed by atoms with van der Waals surface area (Å²) in [6.07, 6.45) is 6.68. The van der Waals surface area contributed by atoms with Gasteiger partial charge in [-0.05, 0) is 18.9 Å². The Morgan fingerprint density at radius 3 is 2.33 bits per heavy atom. The predicted molar refractivity (Wildman–Crippen MR) is 77.5 cm³/mol. The minimum Gasteiger partial charge on any atom is -0.478 e. The number of allylic oxidation sites excluding steroid dienone is 1. The fourth-order valence-electron chi connectivity index (χ4n) is 1.20. The van der Waals surface area contributed by atoms with Gasteiger partial charge in [-0.3, -0.25) is 0 Å². The number of aliphatic carboxylic acids is 1. The lowest BCUT2D eigenvalue weighted by Gasteiger charge is -1.91. The van der Waals surface area contributed by atoms with Gasteiger partial charge in [0, 0.05) is 5.57 Å². The molecule has 2 nitrogen and oxygen atoms in total. The maximum atomic E-state index is 10.2. The first kappa shape index (κ1) is 16.2. The Morgan fingerprint density at radius 1 is 1.33 bits per heavy atom. The first-order chi connectivity index (χ1) is 8.61. The molecule has 0 saturated heterocycles. The van der Waals surface area contributed by atoms with Gasteiger partial charge in [-0.25, -0.2) is 4.79 Å². The van der Waals surface area contributed by atoms with Crippen LogP contribution in [0.2, 0.25) is 0 Å². The van der Waals surface area contributed by atoms with Crippen molar-refractivity contribution in [2.24, 2.45) is 0 Å². The van der Waals surface area contributed by atoms with Gasteiger partial charge in [0.1, 0.15) is 0 Å². The molecule has 0 unspecified atom stereocenters. The smallest absolute Gasteiger partial charge is 0.330 e. The number of rotatable bonds is 5. The molecule has 0 aromatic heterocycles. The molecule has 0 atom stereocenters. The predicted octanol–water partition coefficient (Wildman–Crippen LogP) is 4.54. The van der Waals surface area contributed by atoms with E-state index in [1.807, 2.05) is 36.4 Å². The van der Waals surface area contributed by atoms with E-state index in [9.17, 15) is 4.79 Å². The maximum absolute atomic E-state index is 10.2. The van der Waals surface area contributed by atoms with Crippen LogP contribution >= 0.6 is 0 Å². The van der Waals surface area contributed by atoms with E-state index < -0.39 is 5.97 Å². The number of hydrogen-bond donors (Lipinski definition) is 1. The van der Waals surface area contributed by atoms with Crippen LogP contribution in [0, 0.1) is 0 Å². The Kier molecular flexibility index (Phi) is 9.28. The maximum Gasteiger partial charge on any atom is 0.330 e. The van der Waals surface area contributed by atoms with Crippen molar-refractivity contribution in [3.63, 3.8) is 0 Å². The topological polar surface area (TPSA) is 37.3 Å². The van der Waals surface area contributed by atoms with Crippen LogP contribution in [0.4, 0.5) is 0 Å². The van der Waals surface area contributed by atoms with Crippen molar-refractivity contribution in [3.8, 4) is 0 Å². The fraction of sp³-hybridized carbons (Fsp3) is 0.312. The summed E-state index contributed by atoms with van der Waals surface area (Å²) in [5.74, 6) is -0.809. The van der Waals surface area contributed by atoms with Gasteiger partial charge in [0.2, 0.25) is 0 Å². The van der Waals surface area contributed by atoms with Gasteiger partial charge in [-0.15, -0.1) is 0 Å². The van der Waals surface area contributed by atoms with E-state index in [0.717, 1.165) is 19.3 Å². The molecular formula is C16H22O2. The molecule has 0 radical (unpaired) electrons. The minimum atomic E-state index is -0.809. The lowest BCUT2D eigenvalue weighted by atomic mass is 10.2. The average molecular weight is 246 g/mol. The standard InChI is InChI=1S/C8H14O2.C8H8/c1-3-4-5-6-7(2)8(9)10;1-2-8-6-4-3-5-7-8/h6H,3-5H2,1-2H3,(H,9,10);2-7H,1H2. The van der Waals surface area contributed by atoms with Crippen molar-refractivity contribution in [3.05, 3.63) is 54.1 Å². The monoisotopic (exact) mass is 246 g/mol. The summed E-state index contributed by atoms with van der Waals surface area (Å²) in [4.78, 5) is 10.2. The molecule has 0 heterocycles. The second kappa shape index (κ2) is 10.3. The van der Waals surface area contributed by atoms with Crippen LogP contribution in [-0.4, -0.2) is 11.1 Å². The molecule has 0 aliphatic heterocycles. The minimum absolute atomic E-state index is 0.452. The number of carboxylic acid groups (broad SMARTS) is 1. The number of carboxylic acids is 1. The third-order valence-corrected chi connectivity index (χ3v) is 2.38. The van der Waals surface area contributed by atoms with E-state index in [0.29, 0.717) is 5.57 Å². The Hall–Kier alpha value is -1.83. The highest BCUT2D eigenvalue weighted by Crippen LogP contribution is 2.00. The Morgan fingerprint density at radius 2 is 1.94 bits per heavy atom.